The molecule has 0 fully saturated rings. The summed E-state index contributed by atoms with van der Waals surface area (Å²) in [5.41, 5.74) is 28.6. The number of fused-ring (bicyclic) bond motifs is 7. The van der Waals surface area contributed by atoms with E-state index in [9.17, 15) is 0 Å². The van der Waals surface area contributed by atoms with Gasteiger partial charge in [-0.25, -0.2) is 0 Å². The SMILES string of the molecule is CC1C=C(C2(c3ccccc3)c3ccccc3-c3c2ccc2c3c3ccccc3n2-c2ccc([C@H](N)C(NC(N)c3ccccc3)c3ccccc3)cc2)CCC1. The molecular formula is C53H48N4. The van der Waals surface area contributed by atoms with Crippen LogP contribution in [0.4, 0.5) is 0 Å². The molecule has 1 aromatic heterocycles. The van der Waals surface area contributed by atoms with Crippen LogP contribution in [0.15, 0.2) is 188 Å². The van der Waals surface area contributed by atoms with Crippen LogP contribution in [0.1, 0.15) is 77.8 Å². The number of nitrogens with zero attached hydrogens (tertiary/aromatic N) is 1. The molecule has 4 heteroatoms. The Bertz CT molecular complexity index is 2730. The number of allylic oxidation sites excluding steroid dienone is 2. The molecule has 0 radical (unpaired) electrons. The highest BCUT2D eigenvalue weighted by Gasteiger charge is 2.48. The fourth-order valence-electron chi connectivity index (χ4n) is 10.1. The summed E-state index contributed by atoms with van der Waals surface area (Å²) in [4.78, 5) is 0. The third kappa shape index (κ3) is 5.78. The molecule has 0 saturated heterocycles. The van der Waals surface area contributed by atoms with Crippen molar-refractivity contribution in [2.75, 3.05) is 0 Å². The quantitative estimate of drug-likeness (QED) is 0.102. The molecule has 280 valence electrons. The minimum atomic E-state index is -0.371. The van der Waals surface area contributed by atoms with Gasteiger partial charge in [0.1, 0.15) is 0 Å². The van der Waals surface area contributed by atoms with Crippen molar-refractivity contribution in [3.05, 3.63) is 221 Å². The Labute approximate surface area is 335 Å². The first-order valence-electron chi connectivity index (χ1n) is 20.4. The highest BCUT2D eigenvalue weighted by atomic mass is 15.1. The van der Waals surface area contributed by atoms with Gasteiger partial charge in [0.2, 0.25) is 0 Å². The van der Waals surface area contributed by atoms with Gasteiger partial charge >= 0.3 is 0 Å². The van der Waals surface area contributed by atoms with Crippen molar-refractivity contribution >= 4 is 21.8 Å². The van der Waals surface area contributed by atoms with Crippen molar-refractivity contribution in [3.8, 4) is 16.8 Å². The van der Waals surface area contributed by atoms with Crippen molar-refractivity contribution in [2.24, 2.45) is 17.4 Å². The molecule has 0 amide bonds. The maximum atomic E-state index is 7.17. The normalized spacial score (nSPS) is 19.1. The summed E-state index contributed by atoms with van der Waals surface area (Å²) in [5.74, 6) is 0.548. The summed E-state index contributed by atoms with van der Waals surface area (Å²) in [6.07, 6.45) is 5.77. The Hall–Kier alpha value is -6.04. The molecule has 1 heterocycles. The lowest BCUT2D eigenvalue weighted by Gasteiger charge is -2.38. The first kappa shape index (κ1) is 35.4. The van der Waals surface area contributed by atoms with E-state index in [1.54, 1.807) is 0 Å². The van der Waals surface area contributed by atoms with Crippen LogP contribution >= 0.6 is 0 Å². The second-order valence-electron chi connectivity index (χ2n) is 16.0. The van der Waals surface area contributed by atoms with Gasteiger partial charge in [-0.3, -0.25) is 5.32 Å². The van der Waals surface area contributed by atoms with Gasteiger partial charge in [-0.2, -0.15) is 0 Å². The Morgan fingerprint density at radius 3 is 2.00 bits per heavy atom. The lowest BCUT2D eigenvalue weighted by molar-refractivity contribution is 0.398. The monoisotopic (exact) mass is 740 g/mol. The fourth-order valence-corrected chi connectivity index (χ4v) is 10.1. The summed E-state index contributed by atoms with van der Waals surface area (Å²) >= 11 is 0. The van der Waals surface area contributed by atoms with Crippen molar-refractivity contribution in [1.82, 2.24) is 9.88 Å². The van der Waals surface area contributed by atoms with E-state index in [2.05, 4.69) is 175 Å². The second-order valence-corrected chi connectivity index (χ2v) is 16.0. The number of nitrogens with one attached hydrogen (secondary N) is 1. The smallest absolute Gasteiger partial charge is 0.0815 e. The van der Waals surface area contributed by atoms with Gasteiger partial charge in [0, 0.05) is 22.5 Å². The lowest BCUT2D eigenvalue weighted by Crippen LogP contribution is -2.38. The van der Waals surface area contributed by atoms with E-state index in [1.807, 2.05) is 24.3 Å². The predicted molar refractivity (Wildman–Crippen MR) is 236 cm³/mol. The molecule has 5 N–H and O–H groups in total. The number of benzene rings is 7. The molecular weight excluding hydrogens is 693 g/mol. The topological polar surface area (TPSA) is 69.0 Å². The zero-order valence-electron chi connectivity index (χ0n) is 32.4. The van der Waals surface area contributed by atoms with Gasteiger partial charge in [0.05, 0.1) is 28.7 Å². The Kier molecular flexibility index (Phi) is 8.98. The summed E-state index contributed by atoms with van der Waals surface area (Å²) < 4.78 is 2.44. The minimum absolute atomic E-state index is 0.199. The van der Waals surface area contributed by atoms with Crippen LogP contribution in [0.5, 0.6) is 0 Å². The zero-order valence-corrected chi connectivity index (χ0v) is 32.4. The number of para-hydroxylation sites is 1. The van der Waals surface area contributed by atoms with E-state index in [0.29, 0.717) is 5.92 Å². The molecule has 2 aliphatic carbocycles. The van der Waals surface area contributed by atoms with E-state index in [0.717, 1.165) is 28.8 Å². The van der Waals surface area contributed by atoms with E-state index < -0.39 is 0 Å². The molecule has 0 aliphatic heterocycles. The van der Waals surface area contributed by atoms with E-state index in [4.69, 9.17) is 11.5 Å². The summed E-state index contributed by atoms with van der Waals surface area (Å²) in [6.45, 7) is 2.38. The lowest BCUT2D eigenvalue weighted by atomic mass is 9.64. The molecule has 57 heavy (non-hydrogen) atoms. The van der Waals surface area contributed by atoms with Crippen LogP contribution in [-0.2, 0) is 5.41 Å². The van der Waals surface area contributed by atoms with Crippen molar-refractivity contribution < 1.29 is 0 Å². The van der Waals surface area contributed by atoms with Gasteiger partial charge in [0.15, 0.2) is 0 Å². The number of rotatable bonds is 9. The standard InChI is InChI=1S/C53H48N4/c1-35-16-15-23-40(34-35)53(39-21-9-4-10-22-39)44-26-13-11-24-42(44)48-45(53)32-33-47-49(48)43-25-12-14-27-46(43)57(47)41-30-28-36(29-31-41)50(54)51(37-17-5-2-6-18-37)56-52(55)38-19-7-3-8-20-38/h2-14,17-22,24-35,50-52,56H,15-16,23,54-55H2,1H3/t35?,50-,51?,52?,53?/m0/s1. The Balaban J connectivity index is 1.12. The summed E-state index contributed by atoms with van der Waals surface area (Å²) in [6, 6.07) is 63.0. The maximum absolute atomic E-state index is 7.17. The van der Waals surface area contributed by atoms with E-state index in [-0.39, 0.29) is 23.7 Å². The average Bonchev–Trinajstić information content (AvgIpc) is 3.77. The van der Waals surface area contributed by atoms with Crippen LogP contribution in [0.3, 0.4) is 0 Å². The molecule has 7 aromatic carbocycles. The van der Waals surface area contributed by atoms with Crippen LogP contribution in [0.2, 0.25) is 0 Å². The number of hydrogen-bond acceptors (Lipinski definition) is 3. The molecule has 0 saturated carbocycles. The van der Waals surface area contributed by atoms with Crippen molar-refractivity contribution in [3.63, 3.8) is 0 Å². The van der Waals surface area contributed by atoms with Crippen molar-refractivity contribution in [2.45, 2.75) is 49.9 Å². The summed E-state index contributed by atoms with van der Waals surface area (Å²) in [7, 11) is 0. The minimum Gasteiger partial charge on any atom is -0.322 e. The van der Waals surface area contributed by atoms with E-state index in [1.165, 1.54) is 68.0 Å². The van der Waals surface area contributed by atoms with Crippen LogP contribution < -0.4 is 16.8 Å². The molecule has 4 unspecified atom stereocenters. The third-order valence-corrected chi connectivity index (χ3v) is 12.7. The Morgan fingerprint density at radius 1 is 0.614 bits per heavy atom. The first-order valence-corrected chi connectivity index (χ1v) is 20.4. The highest BCUT2D eigenvalue weighted by Crippen LogP contribution is 2.60. The van der Waals surface area contributed by atoms with Crippen LogP contribution in [0, 0.1) is 5.92 Å². The van der Waals surface area contributed by atoms with Gasteiger partial charge in [-0.05, 0) is 94.0 Å². The second kappa shape index (κ2) is 14.5. The Morgan fingerprint density at radius 2 is 1.26 bits per heavy atom. The molecule has 0 bridgehead atoms. The first-order chi connectivity index (χ1) is 28.0. The van der Waals surface area contributed by atoms with E-state index >= 15 is 0 Å². The van der Waals surface area contributed by atoms with Gasteiger partial charge in [-0.15, -0.1) is 0 Å². The molecule has 4 nitrogen and oxygen atoms in total. The summed E-state index contributed by atoms with van der Waals surface area (Å²) in [5, 5.41) is 6.23. The van der Waals surface area contributed by atoms with Crippen molar-refractivity contribution in [1.29, 1.82) is 0 Å². The average molecular weight is 741 g/mol. The zero-order chi connectivity index (χ0) is 38.5. The molecule has 10 rings (SSSR count). The number of hydrogen-bond donors (Lipinski definition) is 3. The molecule has 8 aromatic rings. The molecule has 0 spiro atoms. The largest absolute Gasteiger partial charge is 0.322 e. The van der Waals surface area contributed by atoms with Crippen LogP contribution in [0.25, 0.3) is 38.6 Å². The van der Waals surface area contributed by atoms with Gasteiger partial charge in [-0.1, -0.05) is 170 Å². The van der Waals surface area contributed by atoms with Gasteiger partial charge < -0.3 is 16.0 Å². The van der Waals surface area contributed by atoms with Gasteiger partial charge in [0.25, 0.3) is 0 Å². The predicted octanol–water partition coefficient (Wildman–Crippen LogP) is 11.8. The molecule has 2 aliphatic rings. The highest BCUT2D eigenvalue weighted by molar-refractivity contribution is 6.18. The number of aromatic nitrogens is 1. The molecule has 5 atom stereocenters. The number of nitrogens with two attached hydrogens (primary N) is 2. The fraction of sp³-hybridized carbons (Fsp3) is 0.170. The van der Waals surface area contributed by atoms with Crippen LogP contribution in [-0.4, -0.2) is 4.57 Å². The third-order valence-electron chi connectivity index (χ3n) is 12.7. The maximum Gasteiger partial charge on any atom is 0.0815 e.